The van der Waals surface area contributed by atoms with E-state index >= 15 is 0 Å². The summed E-state index contributed by atoms with van der Waals surface area (Å²) in [5, 5.41) is 6.34. The molecule has 0 spiro atoms. The van der Waals surface area contributed by atoms with Crippen molar-refractivity contribution < 1.29 is 8.83 Å². The van der Waals surface area contributed by atoms with Crippen molar-refractivity contribution in [2.45, 2.75) is 0 Å². The Bertz CT molecular complexity index is 2010. The summed E-state index contributed by atoms with van der Waals surface area (Å²) in [6.07, 6.45) is 5.64. The number of nitrogens with zero attached hydrogens (tertiary/aromatic N) is 3. The molecule has 0 unspecified atom stereocenters. The van der Waals surface area contributed by atoms with Gasteiger partial charge < -0.3 is 8.83 Å². The maximum Gasteiger partial charge on any atom is 0.147 e. The van der Waals surface area contributed by atoms with E-state index in [1.165, 1.54) is 0 Å². The van der Waals surface area contributed by atoms with E-state index in [-0.39, 0.29) is 0 Å². The zero-order valence-electron chi connectivity index (χ0n) is 16.2. The van der Waals surface area contributed by atoms with E-state index < -0.39 is 0 Å². The van der Waals surface area contributed by atoms with Crippen molar-refractivity contribution in [1.29, 1.82) is 0 Å². The Morgan fingerprint density at radius 1 is 0.645 bits per heavy atom. The quantitative estimate of drug-likeness (QED) is 0.262. The average molecular weight is 399 g/mol. The Morgan fingerprint density at radius 2 is 1.58 bits per heavy atom. The molecule has 0 aliphatic heterocycles. The molecule has 0 saturated carbocycles. The molecular weight excluding hydrogens is 386 g/mol. The van der Waals surface area contributed by atoms with E-state index in [2.05, 4.69) is 39.7 Å². The third kappa shape index (κ3) is 1.82. The van der Waals surface area contributed by atoms with E-state index in [0.29, 0.717) is 0 Å². The molecule has 31 heavy (non-hydrogen) atoms. The SMILES string of the molecule is c1ccc2c(c1)oc1ccc3c4cc5c6ncccc6c6nccn6c5cc4oc3c12. The minimum atomic E-state index is 0.835. The Labute approximate surface area is 174 Å². The zero-order chi connectivity index (χ0) is 20.1. The molecule has 0 aliphatic carbocycles. The maximum atomic E-state index is 6.46. The van der Waals surface area contributed by atoms with Crippen LogP contribution >= 0.6 is 0 Å². The van der Waals surface area contributed by atoms with Gasteiger partial charge in [-0.1, -0.05) is 18.2 Å². The fourth-order valence-corrected chi connectivity index (χ4v) is 4.96. The van der Waals surface area contributed by atoms with Crippen LogP contribution in [0.3, 0.4) is 0 Å². The van der Waals surface area contributed by atoms with Gasteiger partial charge in [0.1, 0.15) is 28.0 Å². The number of furan rings is 2. The second-order valence-electron chi connectivity index (χ2n) is 7.90. The number of pyridine rings is 2. The van der Waals surface area contributed by atoms with Gasteiger partial charge in [0, 0.05) is 51.6 Å². The smallest absolute Gasteiger partial charge is 0.147 e. The van der Waals surface area contributed by atoms with E-state index in [9.17, 15) is 0 Å². The van der Waals surface area contributed by atoms with Crippen molar-refractivity contribution in [3.05, 3.63) is 79.3 Å². The highest BCUT2D eigenvalue weighted by Gasteiger charge is 2.18. The molecule has 0 aliphatic rings. The molecule has 5 heterocycles. The number of rotatable bonds is 0. The number of fused-ring (bicyclic) bond motifs is 13. The molecular formula is C26H13N3O2. The van der Waals surface area contributed by atoms with Gasteiger partial charge in [0.05, 0.1) is 16.4 Å². The standard InChI is InChI=1S/C26H13N3O2/c1-2-6-20-15(4-1)23-21(30-20)8-7-14-17-12-18-19(13-22(17)31-25(14)23)29-11-10-28-26(29)16-5-3-9-27-24(16)18/h1-13H. The first-order valence-corrected chi connectivity index (χ1v) is 10.2. The molecule has 144 valence electrons. The van der Waals surface area contributed by atoms with Crippen molar-refractivity contribution in [3.63, 3.8) is 0 Å². The first-order valence-electron chi connectivity index (χ1n) is 10.2. The van der Waals surface area contributed by atoms with Crippen LogP contribution in [0.15, 0.2) is 88.1 Å². The van der Waals surface area contributed by atoms with Gasteiger partial charge in [-0.25, -0.2) is 4.98 Å². The molecule has 8 rings (SSSR count). The number of imidazole rings is 1. The van der Waals surface area contributed by atoms with Crippen molar-refractivity contribution in [2.75, 3.05) is 0 Å². The lowest BCUT2D eigenvalue weighted by Crippen LogP contribution is -1.91. The first-order chi connectivity index (χ1) is 15.4. The largest absolute Gasteiger partial charge is 0.456 e. The van der Waals surface area contributed by atoms with Gasteiger partial charge in [-0.15, -0.1) is 0 Å². The number of hydrogen-bond acceptors (Lipinski definition) is 4. The molecule has 0 N–H and O–H groups in total. The highest BCUT2D eigenvalue weighted by Crippen LogP contribution is 2.41. The van der Waals surface area contributed by atoms with Gasteiger partial charge >= 0.3 is 0 Å². The van der Waals surface area contributed by atoms with Crippen LogP contribution in [-0.2, 0) is 0 Å². The fraction of sp³-hybridized carbons (Fsp3) is 0. The van der Waals surface area contributed by atoms with Crippen LogP contribution in [0.2, 0.25) is 0 Å². The summed E-state index contributed by atoms with van der Waals surface area (Å²) in [5.41, 5.74) is 6.26. The Morgan fingerprint density at radius 3 is 2.58 bits per heavy atom. The van der Waals surface area contributed by atoms with Crippen molar-refractivity contribution in [2.24, 2.45) is 0 Å². The predicted molar refractivity (Wildman–Crippen MR) is 123 cm³/mol. The van der Waals surface area contributed by atoms with Crippen LogP contribution in [0.1, 0.15) is 0 Å². The summed E-state index contributed by atoms with van der Waals surface area (Å²) in [4.78, 5) is 9.26. The number of para-hydroxylation sites is 1. The van der Waals surface area contributed by atoms with Gasteiger partial charge in [0.2, 0.25) is 0 Å². The monoisotopic (exact) mass is 399 g/mol. The predicted octanol–water partition coefficient (Wildman–Crippen LogP) is 6.83. The normalized spacial score (nSPS) is 12.5. The lowest BCUT2D eigenvalue weighted by molar-refractivity contribution is 0.663. The third-order valence-electron chi connectivity index (χ3n) is 6.30. The van der Waals surface area contributed by atoms with E-state index in [0.717, 1.165) is 71.3 Å². The van der Waals surface area contributed by atoms with Gasteiger partial charge in [0.25, 0.3) is 0 Å². The molecule has 5 heteroatoms. The van der Waals surface area contributed by atoms with Gasteiger partial charge in [0.15, 0.2) is 0 Å². The molecule has 0 atom stereocenters. The Balaban J connectivity index is 1.63. The molecule has 0 bridgehead atoms. The third-order valence-corrected chi connectivity index (χ3v) is 6.30. The van der Waals surface area contributed by atoms with Crippen LogP contribution < -0.4 is 0 Å². The Hall–Kier alpha value is -4.38. The molecule has 5 nitrogen and oxygen atoms in total. The summed E-state index contributed by atoms with van der Waals surface area (Å²) in [5.74, 6) is 0. The van der Waals surface area contributed by atoms with Crippen LogP contribution in [0, 0.1) is 0 Å². The Kier molecular flexibility index (Phi) is 2.60. The lowest BCUT2D eigenvalue weighted by Gasteiger charge is -2.07. The van der Waals surface area contributed by atoms with Crippen LogP contribution in [-0.4, -0.2) is 14.4 Å². The topological polar surface area (TPSA) is 56.5 Å². The van der Waals surface area contributed by atoms with Crippen molar-refractivity contribution >= 4 is 71.3 Å². The van der Waals surface area contributed by atoms with Crippen LogP contribution in [0.5, 0.6) is 0 Å². The molecule has 8 aromatic rings. The molecule has 0 fully saturated rings. The zero-order valence-corrected chi connectivity index (χ0v) is 16.2. The summed E-state index contributed by atoms with van der Waals surface area (Å²) < 4.78 is 14.6. The van der Waals surface area contributed by atoms with E-state index in [4.69, 9.17) is 13.8 Å². The summed E-state index contributed by atoms with van der Waals surface area (Å²) in [7, 11) is 0. The molecule has 0 amide bonds. The van der Waals surface area contributed by atoms with Gasteiger partial charge in [-0.3, -0.25) is 9.38 Å². The molecule has 0 saturated heterocycles. The summed E-state index contributed by atoms with van der Waals surface area (Å²) >= 11 is 0. The molecule has 0 radical (unpaired) electrons. The van der Waals surface area contributed by atoms with Crippen molar-refractivity contribution in [1.82, 2.24) is 14.4 Å². The second-order valence-corrected chi connectivity index (χ2v) is 7.90. The average Bonchev–Trinajstić information content (AvgIpc) is 3.52. The minimum Gasteiger partial charge on any atom is -0.456 e. The highest BCUT2D eigenvalue weighted by molar-refractivity contribution is 6.24. The van der Waals surface area contributed by atoms with E-state index in [1.54, 1.807) is 0 Å². The maximum absolute atomic E-state index is 6.46. The number of hydrogen-bond donors (Lipinski definition) is 0. The molecule has 5 aromatic heterocycles. The highest BCUT2D eigenvalue weighted by atomic mass is 16.3. The number of benzene rings is 3. The molecule has 3 aromatic carbocycles. The van der Waals surface area contributed by atoms with Gasteiger partial charge in [-0.2, -0.15) is 0 Å². The van der Waals surface area contributed by atoms with E-state index in [1.807, 2.05) is 48.9 Å². The lowest BCUT2D eigenvalue weighted by atomic mass is 10.0. The fourth-order valence-electron chi connectivity index (χ4n) is 4.96. The second kappa shape index (κ2) is 5.21. The van der Waals surface area contributed by atoms with Crippen molar-refractivity contribution in [3.8, 4) is 0 Å². The first kappa shape index (κ1) is 15.5. The summed E-state index contributed by atoms with van der Waals surface area (Å²) in [6, 6.07) is 20.5. The van der Waals surface area contributed by atoms with Crippen LogP contribution in [0.4, 0.5) is 0 Å². The van der Waals surface area contributed by atoms with Gasteiger partial charge in [-0.05, 0) is 36.4 Å². The summed E-state index contributed by atoms with van der Waals surface area (Å²) in [6.45, 7) is 0. The number of aromatic nitrogens is 3. The van der Waals surface area contributed by atoms with Crippen LogP contribution in [0.25, 0.3) is 71.3 Å². The minimum absolute atomic E-state index is 0.835.